The maximum absolute atomic E-state index is 12.1. The summed E-state index contributed by atoms with van der Waals surface area (Å²) in [4.78, 5) is 2.49. The molecule has 130 valence electrons. The van der Waals surface area contributed by atoms with Crippen LogP contribution in [0.4, 0.5) is 13.2 Å². The van der Waals surface area contributed by atoms with Crippen LogP contribution in [0, 0.1) is 0 Å². The number of hydrogen-bond acceptors (Lipinski definition) is 3. The Balaban J connectivity index is 1.92. The third kappa shape index (κ3) is 5.30. The van der Waals surface area contributed by atoms with E-state index in [0.717, 1.165) is 25.8 Å². The summed E-state index contributed by atoms with van der Waals surface area (Å²) in [5, 5.41) is 0. The number of halogens is 3. The number of alkyl halides is 3. The molecular formula is C17H24F3NO2. The van der Waals surface area contributed by atoms with Crippen molar-refractivity contribution in [3.63, 3.8) is 0 Å². The van der Waals surface area contributed by atoms with Crippen LogP contribution in [0.15, 0.2) is 24.3 Å². The Hall–Kier alpha value is -1.43. The quantitative estimate of drug-likeness (QED) is 0.786. The lowest BCUT2D eigenvalue weighted by Crippen LogP contribution is -2.48. The predicted octanol–water partition coefficient (Wildman–Crippen LogP) is 4.62. The minimum atomic E-state index is -4.67. The van der Waals surface area contributed by atoms with Crippen molar-refractivity contribution < 1.29 is 22.6 Å². The Morgan fingerprint density at radius 3 is 2.30 bits per heavy atom. The van der Waals surface area contributed by atoms with Crippen molar-refractivity contribution in [1.82, 2.24) is 4.90 Å². The number of ether oxygens (including phenoxy) is 2. The Morgan fingerprint density at radius 2 is 1.78 bits per heavy atom. The van der Waals surface area contributed by atoms with Crippen LogP contribution in [0.25, 0.3) is 0 Å². The number of piperidine rings is 1. The van der Waals surface area contributed by atoms with Gasteiger partial charge < -0.3 is 9.47 Å². The lowest BCUT2D eigenvalue weighted by Gasteiger charge is -2.41. The molecule has 1 aliphatic heterocycles. The van der Waals surface area contributed by atoms with Gasteiger partial charge in [0.1, 0.15) is 17.6 Å². The molecule has 0 amide bonds. The van der Waals surface area contributed by atoms with Crippen LogP contribution in [0.5, 0.6) is 11.5 Å². The van der Waals surface area contributed by atoms with Crippen LogP contribution in [-0.4, -0.2) is 36.0 Å². The van der Waals surface area contributed by atoms with Crippen LogP contribution < -0.4 is 9.47 Å². The Bertz CT molecular complexity index is 488. The van der Waals surface area contributed by atoms with Crippen LogP contribution in [0.1, 0.15) is 40.0 Å². The molecule has 0 unspecified atom stereocenters. The van der Waals surface area contributed by atoms with E-state index >= 15 is 0 Å². The van der Waals surface area contributed by atoms with Gasteiger partial charge in [0.05, 0.1) is 0 Å². The highest BCUT2D eigenvalue weighted by Gasteiger charge is 2.31. The van der Waals surface area contributed by atoms with E-state index in [4.69, 9.17) is 4.74 Å². The number of rotatable bonds is 5. The first kappa shape index (κ1) is 17.9. The van der Waals surface area contributed by atoms with E-state index in [1.54, 1.807) is 0 Å². The van der Waals surface area contributed by atoms with Gasteiger partial charge in [0.2, 0.25) is 0 Å². The highest BCUT2D eigenvalue weighted by Crippen LogP contribution is 2.28. The molecule has 23 heavy (non-hydrogen) atoms. The van der Waals surface area contributed by atoms with E-state index in [9.17, 15) is 13.2 Å². The lowest BCUT2D eigenvalue weighted by molar-refractivity contribution is -0.274. The van der Waals surface area contributed by atoms with Crippen molar-refractivity contribution in [3.8, 4) is 11.5 Å². The fraction of sp³-hybridized carbons (Fsp3) is 0.647. The molecule has 0 radical (unpaired) electrons. The largest absolute Gasteiger partial charge is 0.573 e. The van der Waals surface area contributed by atoms with Gasteiger partial charge in [-0.1, -0.05) is 6.92 Å². The highest BCUT2D eigenvalue weighted by atomic mass is 19.4. The molecule has 1 fully saturated rings. The summed E-state index contributed by atoms with van der Waals surface area (Å²) >= 11 is 0. The molecule has 0 spiro atoms. The zero-order chi connectivity index (χ0) is 17.0. The van der Waals surface area contributed by atoms with Crippen molar-refractivity contribution in [2.45, 2.75) is 64.6 Å². The monoisotopic (exact) mass is 331 g/mol. The number of hydrogen-bond donors (Lipinski definition) is 0. The first-order valence-corrected chi connectivity index (χ1v) is 8.06. The van der Waals surface area contributed by atoms with Crippen LogP contribution in [-0.2, 0) is 0 Å². The zero-order valence-corrected chi connectivity index (χ0v) is 13.8. The molecule has 2 atom stereocenters. The molecular weight excluding hydrogens is 307 g/mol. The maximum Gasteiger partial charge on any atom is 0.573 e. The van der Waals surface area contributed by atoms with E-state index in [1.165, 1.54) is 24.3 Å². The topological polar surface area (TPSA) is 21.7 Å². The van der Waals surface area contributed by atoms with Crippen LogP contribution >= 0.6 is 0 Å². The average molecular weight is 331 g/mol. The second-order valence-electron chi connectivity index (χ2n) is 6.18. The maximum atomic E-state index is 12.1. The summed E-state index contributed by atoms with van der Waals surface area (Å²) < 4.78 is 46.2. The summed E-state index contributed by atoms with van der Waals surface area (Å²) in [7, 11) is 0. The highest BCUT2D eigenvalue weighted by molar-refractivity contribution is 5.31. The molecule has 1 aliphatic rings. The number of likely N-dealkylation sites (tertiary alicyclic amines) is 1. The fourth-order valence-electron chi connectivity index (χ4n) is 3.13. The van der Waals surface area contributed by atoms with Gasteiger partial charge in [-0.25, -0.2) is 0 Å². The minimum absolute atomic E-state index is 0.101. The molecule has 0 aliphatic carbocycles. The summed E-state index contributed by atoms with van der Waals surface area (Å²) in [6.45, 7) is 7.55. The summed E-state index contributed by atoms with van der Waals surface area (Å²) in [6.07, 6.45) is -1.63. The third-order valence-electron chi connectivity index (χ3n) is 4.21. The van der Waals surface area contributed by atoms with Gasteiger partial charge in [-0.3, -0.25) is 4.90 Å². The first-order chi connectivity index (χ1) is 10.8. The molecule has 2 rings (SSSR count). The number of nitrogens with zero attached hydrogens (tertiary/aromatic N) is 1. The van der Waals surface area contributed by atoms with E-state index in [0.29, 0.717) is 17.8 Å². The van der Waals surface area contributed by atoms with E-state index < -0.39 is 6.36 Å². The van der Waals surface area contributed by atoms with Crippen molar-refractivity contribution in [1.29, 1.82) is 0 Å². The normalized spacial score (nSPS) is 23.1. The third-order valence-corrected chi connectivity index (χ3v) is 4.21. The van der Waals surface area contributed by atoms with Gasteiger partial charge in [0.15, 0.2) is 0 Å². The summed E-state index contributed by atoms with van der Waals surface area (Å²) in [5.41, 5.74) is 0. The SMILES string of the molecule is CC[C@H]1C[C@H](Oc2ccc(OC(F)(F)F)cc2)CCN1C(C)C. The lowest BCUT2D eigenvalue weighted by atomic mass is 9.96. The van der Waals surface area contributed by atoms with Gasteiger partial charge in [-0.2, -0.15) is 0 Å². The zero-order valence-electron chi connectivity index (χ0n) is 13.8. The van der Waals surface area contributed by atoms with E-state index in [2.05, 4.69) is 30.4 Å². The Morgan fingerprint density at radius 1 is 1.17 bits per heavy atom. The molecule has 1 aromatic carbocycles. The van der Waals surface area contributed by atoms with E-state index in [1.807, 2.05) is 0 Å². The van der Waals surface area contributed by atoms with E-state index in [-0.39, 0.29) is 11.9 Å². The van der Waals surface area contributed by atoms with Crippen molar-refractivity contribution in [2.75, 3.05) is 6.54 Å². The molecule has 0 bridgehead atoms. The van der Waals surface area contributed by atoms with Gasteiger partial charge >= 0.3 is 6.36 Å². The minimum Gasteiger partial charge on any atom is -0.490 e. The van der Waals surface area contributed by atoms with Gasteiger partial charge in [-0.15, -0.1) is 13.2 Å². The van der Waals surface area contributed by atoms with Crippen molar-refractivity contribution in [3.05, 3.63) is 24.3 Å². The number of benzene rings is 1. The second kappa shape index (κ2) is 7.43. The average Bonchev–Trinajstić information content (AvgIpc) is 2.47. The molecule has 0 saturated carbocycles. The Labute approximate surface area is 135 Å². The van der Waals surface area contributed by atoms with Crippen molar-refractivity contribution in [2.24, 2.45) is 0 Å². The van der Waals surface area contributed by atoms with Gasteiger partial charge in [0.25, 0.3) is 0 Å². The first-order valence-electron chi connectivity index (χ1n) is 8.06. The predicted molar refractivity (Wildman–Crippen MR) is 82.7 cm³/mol. The molecule has 0 N–H and O–H groups in total. The van der Waals surface area contributed by atoms with Gasteiger partial charge in [-0.05, 0) is 57.4 Å². The molecule has 3 nitrogen and oxygen atoms in total. The van der Waals surface area contributed by atoms with Crippen molar-refractivity contribution >= 4 is 0 Å². The molecule has 6 heteroatoms. The molecule has 0 aromatic heterocycles. The summed E-state index contributed by atoms with van der Waals surface area (Å²) in [6, 6.07) is 6.61. The molecule has 1 aromatic rings. The second-order valence-corrected chi connectivity index (χ2v) is 6.18. The standard InChI is InChI=1S/C17H24F3NO2/c1-4-13-11-16(9-10-21(13)12(2)3)22-14-5-7-15(8-6-14)23-17(18,19)20/h5-8,12-13,16H,4,9-11H2,1-3H3/t13-,16+/m0/s1. The van der Waals surface area contributed by atoms with Crippen LogP contribution in [0.3, 0.4) is 0 Å². The smallest absolute Gasteiger partial charge is 0.490 e. The van der Waals surface area contributed by atoms with Crippen LogP contribution in [0.2, 0.25) is 0 Å². The van der Waals surface area contributed by atoms with Gasteiger partial charge in [0, 0.05) is 18.6 Å². The molecule has 1 saturated heterocycles. The Kier molecular flexibility index (Phi) is 5.79. The summed E-state index contributed by atoms with van der Waals surface area (Å²) in [5.74, 6) is 0.350. The fourth-order valence-corrected chi connectivity index (χ4v) is 3.13. The molecule has 1 heterocycles.